The number of para-hydroxylation sites is 1. The molecule has 1 aliphatic rings. The Hall–Kier alpha value is -1.13. The minimum Gasteiger partial charge on any atom is -0.494 e. The molecule has 0 aromatic heterocycles. The summed E-state index contributed by atoms with van der Waals surface area (Å²) in [4.78, 5) is 4.99. The highest BCUT2D eigenvalue weighted by molar-refractivity contribution is 6.31. The Labute approximate surface area is 174 Å². The number of aryl methyl sites for hydroxylation is 1. The average molecular weight is 418 g/mol. The molecular weight excluding hydrogens is 391 g/mol. The molecule has 3 nitrogen and oxygen atoms in total. The first-order valence-electron chi connectivity index (χ1n) is 8.64. The SMILES string of the molecule is Cc1cc(OCCCN2CCN(c3ccccc3)CC2)ccc1Cl.Cl.Cl. The van der Waals surface area contributed by atoms with E-state index in [1.807, 2.05) is 25.1 Å². The fourth-order valence-electron chi connectivity index (χ4n) is 3.05. The quantitative estimate of drug-likeness (QED) is 0.609. The molecule has 0 unspecified atom stereocenters. The van der Waals surface area contributed by atoms with E-state index in [9.17, 15) is 0 Å². The molecule has 0 aliphatic carbocycles. The Bertz CT molecular complexity index is 647. The maximum Gasteiger partial charge on any atom is 0.119 e. The van der Waals surface area contributed by atoms with Gasteiger partial charge in [0, 0.05) is 43.4 Å². The zero-order chi connectivity index (χ0) is 16.8. The standard InChI is InChI=1S/C20H25ClN2O.2ClH/c1-17-16-19(8-9-20(17)21)24-15-5-10-22-11-13-23(14-12-22)18-6-3-2-4-7-18;;/h2-4,6-9,16H,5,10-15H2,1H3;2*1H. The summed E-state index contributed by atoms with van der Waals surface area (Å²) in [5, 5.41) is 0.790. The van der Waals surface area contributed by atoms with E-state index in [0.29, 0.717) is 0 Å². The van der Waals surface area contributed by atoms with Gasteiger partial charge < -0.3 is 9.64 Å². The van der Waals surface area contributed by atoms with Crippen molar-refractivity contribution >= 4 is 42.1 Å². The zero-order valence-corrected chi connectivity index (χ0v) is 17.5. The van der Waals surface area contributed by atoms with Crippen LogP contribution in [0.1, 0.15) is 12.0 Å². The van der Waals surface area contributed by atoms with Crippen LogP contribution in [-0.4, -0.2) is 44.2 Å². The van der Waals surface area contributed by atoms with E-state index in [2.05, 4.69) is 40.1 Å². The highest BCUT2D eigenvalue weighted by Crippen LogP contribution is 2.21. The molecule has 144 valence electrons. The van der Waals surface area contributed by atoms with Crippen LogP contribution in [0, 0.1) is 6.92 Å². The van der Waals surface area contributed by atoms with Crippen molar-refractivity contribution in [1.29, 1.82) is 0 Å². The highest BCUT2D eigenvalue weighted by Gasteiger charge is 2.16. The molecule has 0 radical (unpaired) electrons. The molecule has 1 fully saturated rings. The number of rotatable bonds is 6. The molecule has 26 heavy (non-hydrogen) atoms. The topological polar surface area (TPSA) is 15.7 Å². The molecule has 2 aromatic rings. The Morgan fingerprint density at radius 1 is 0.962 bits per heavy atom. The molecule has 2 aromatic carbocycles. The molecule has 3 rings (SSSR count). The van der Waals surface area contributed by atoms with Crippen LogP contribution >= 0.6 is 36.4 Å². The lowest BCUT2D eigenvalue weighted by Crippen LogP contribution is -2.46. The summed E-state index contributed by atoms with van der Waals surface area (Å²) in [5.41, 5.74) is 2.39. The first-order chi connectivity index (χ1) is 11.7. The lowest BCUT2D eigenvalue weighted by Gasteiger charge is -2.36. The van der Waals surface area contributed by atoms with E-state index >= 15 is 0 Å². The summed E-state index contributed by atoms with van der Waals surface area (Å²) in [6.07, 6.45) is 1.05. The lowest BCUT2D eigenvalue weighted by molar-refractivity contribution is 0.224. The second-order valence-electron chi connectivity index (χ2n) is 6.28. The van der Waals surface area contributed by atoms with Gasteiger partial charge >= 0.3 is 0 Å². The van der Waals surface area contributed by atoms with Crippen molar-refractivity contribution < 1.29 is 4.74 Å². The zero-order valence-electron chi connectivity index (χ0n) is 15.1. The molecule has 1 heterocycles. The van der Waals surface area contributed by atoms with Crippen LogP contribution < -0.4 is 9.64 Å². The third-order valence-electron chi connectivity index (χ3n) is 4.51. The molecular formula is C20H27Cl3N2O. The second kappa shape index (κ2) is 11.6. The van der Waals surface area contributed by atoms with Gasteiger partial charge in [-0.05, 0) is 49.2 Å². The summed E-state index contributed by atoms with van der Waals surface area (Å²) in [6, 6.07) is 16.5. The van der Waals surface area contributed by atoms with Crippen molar-refractivity contribution in [3.63, 3.8) is 0 Å². The van der Waals surface area contributed by atoms with Crippen LogP contribution in [0.25, 0.3) is 0 Å². The maximum absolute atomic E-state index is 6.03. The molecule has 0 spiro atoms. The fraction of sp³-hybridized carbons (Fsp3) is 0.400. The Balaban J connectivity index is 0.00000169. The number of ether oxygens (including phenoxy) is 1. The van der Waals surface area contributed by atoms with E-state index in [1.165, 1.54) is 5.69 Å². The number of piperazine rings is 1. The number of benzene rings is 2. The van der Waals surface area contributed by atoms with E-state index in [0.717, 1.165) is 62.1 Å². The first kappa shape index (κ1) is 22.9. The van der Waals surface area contributed by atoms with Gasteiger partial charge in [0.2, 0.25) is 0 Å². The number of hydrogen-bond donors (Lipinski definition) is 0. The van der Waals surface area contributed by atoms with Crippen LogP contribution in [0.3, 0.4) is 0 Å². The van der Waals surface area contributed by atoms with Gasteiger partial charge in [-0.2, -0.15) is 0 Å². The normalized spacial score (nSPS) is 14.3. The van der Waals surface area contributed by atoms with Gasteiger partial charge in [0.25, 0.3) is 0 Å². The van der Waals surface area contributed by atoms with Crippen LogP contribution in [0.4, 0.5) is 5.69 Å². The molecule has 0 amide bonds. The first-order valence-corrected chi connectivity index (χ1v) is 9.01. The molecule has 6 heteroatoms. The summed E-state index contributed by atoms with van der Waals surface area (Å²) < 4.78 is 5.83. The minimum atomic E-state index is 0. The molecule has 0 N–H and O–H groups in total. The Morgan fingerprint density at radius 3 is 2.31 bits per heavy atom. The summed E-state index contributed by atoms with van der Waals surface area (Å²) in [6.45, 7) is 8.28. The molecule has 0 bridgehead atoms. The van der Waals surface area contributed by atoms with Crippen LogP contribution in [0.15, 0.2) is 48.5 Å². The Morgan fingerprint density at radius 2 is 1.65 bits per heavy atom. The molecule has 1 saturated heterocycles. The van der Waals surface area contributed by atoms with Crippen molar-refractivity contribution in [1.82, 2.24) is 4.90 Å². The van der Waals surface area contributed by atoms with Crippen molar-refractivity contribution in [3.8, 4) is 5.75 Å². The predicted molar refractivity (Wildman–Crippen MR) is 116 cm³/mol. The number of nitrogens with zero attached hydrogens (tertiary/aromatic N) is 2. The van der Waals surface area contributed by atoms with Crippen molar-refractivity contribution in [2.75, 3.05) is 44.2 Å². The number of hydrogen-bond acceptors (Lipinski definition) is 3. The minimum absolute atomic E-state index is 0. The van der Waals surface area contributed by atoms with Crippen LogP contribution in [-0.2, 0) is 0 Å². The summed E-state index contributed by atoms with van der Waals surface area (Å²) >= 11 is 6.03. The molecule has 1 aliphatic heterocycles. The van der Waals surface area contributed by atoms with Gasteiger partial charge in [-0.15, -0.1) is 24.8 Å². The van der Waals surface area contributed by atoms with Gasteiger partial charge in [0.1, 0.15) is 5.75 Å². The lowest BCUT2D eigenvalue weighted by atomic mass is 10.2. The van der Waals surface area contributed by atoms with Crippen LogP contribution in [0.2, 0.25) is 5.02 Å². The second-order valence-corrected chi connectivity index (χ2v) is 6.68. The third kappa shape index (κ3) is 6.55. The van der Waals surface area contributed by atoms with E-state index in [4.69, 9.17) is 16.3 Å². The fourth-order valence-corrected chi connectivity index (χ4v) is 3.17. The molecule has 0 saturated carbocycles. The largest absolute Gasteiger partial charge is 0.494 e. The maximum atomic E-state index is 6.03. The summed E-state index contributed by atoms with van der Waals surface area (Å²) in [7, 11) is 0. The summed E-state index contributed by atoms with van der Waals surface area (Å²) in [5.74, 6) is 0.908. The van der Waals surface area contributed by atoms with Gasteiger partial charge in [0.05, 0.1) is 6.61 Å². The number of halogens is 3. The van der Waals surface area contributed by atoms with Crippen molar-refractivity contribution in [3.05, 3.63) is 59.1 Å². The van der Waals surface area contributed by atoms with Gasteiger partial charge in [-0.25, -0.2) is 0 Å². The van der Waals surface area contributed by atoms with Gasteiger partial charge in [-0.3, -0.25) is 4.90 Å². The number of anilines is 1. The van der Waals surface area contributed by atoms with Crippen molar-refractivity contribution in [2.45, 2.75) is 13.3 Å². The Kier molecular flexibility index (Phi) is 10.2. The van der Waals surface area contributed by atoms with Crippen molar-refractivity contribution in [2.24, 2.45) is 0 Å². The van der Waals surface area contributed by atoms with E-state index in [1.54, 1.807) is 0 Å². The molecule has 0 atom stereocenters. The highest BCUT2D eigenvalue weighted by atomic mass is 35.5. The van der Waals surface area contributed by atoms with E-state index < -0.39 is 0 Å². The van der Waals surface area contributed by atoms with Gasteiger partial charge in [0.15, 0.2) is 0 Å². The smallest absolute Gasteiger partial charge is 0.119 e. The predicted octanol–water partition coefficient (Wildman–Crippen LogP) is 5.08. The average Bonchev–Trinajstić information content (AvgIpc) is 2.63. The monoisotopic (exact) mass is 416 g/mol. The van der Waals surface area contributed by atoms with Gasteiger partial charge in [-0.1, -0.05) is 29.8 Å². The van der Waals surface area contributed by atoms with Crippen LogP contribution in [0.5, 0.6) is 5.75 Å². The third-order valence-corrected chi connectivity index (χ3v) is 4.93. The van der Waals surface area contributed by atoms with E-state index in [-0.39, 0.29) is 24.8 Å².